The molecule has 2 saturated heterocycles. The molecule has 94 valence electrons. The quantitative estimate of drug-likeness (QED) is 0.637. The first-order chi connectivity index (χ1) is 8.11. The van der Waals surface area contributed by atoms with Gasteiger partial charge in [0.15, 0.2) is 0 Å². The van der Waals surface area contributed by atoms with Gasteiger partial charge >= 0.3 is 5.97 Å². The number of amides is 2. The number of rotatable bonds is 2. The van der Waals surface area contributed by atoms with Gasteiger partial charge in [0.1, 0.15) is 0 Å². The van der Waals surface area contributed by atoms with Gasteiger partial charge in [-0.1, -0.05) is 0 Å². The van der Waals surface area contributed by atoms with Gasteiger partial charge in [0, 0.05) is 26.1 Å². The lowest BCUT2D eigenvalue weighted by atomic mass is 10.1. The van der Waals surface area contributed by atoms with Gasteiger partial charge in [0.05, 0.1) is 18.9 Å². The summed E-state index contributed by atoms with van der Waals surface area (Å²) in [4.78, 5) is 36.1. The van der Waals surface area contributed by atoms with Crippen molar-refractivity contribution in [2.75, 3.05) is 26.7 Å². The average Bonchev–Trinajstić information content (AvgIpc) is 2.95. The molecule has 0 spiro atoms. The van der Waals surface area contributed by atoms with Crippen molar-refractivity contribution in [3.8, 4) is 0 Å². The molecule has 2 heterocycles. The van der Waals surface area contributed by atoms with E-state index in [0.29, 0.717) is 26.1 Å². The molecule has 2 amide bonds. The van der Waals surface area contributed by atoms with E-state index in [9.17, 15) is 14.4 Å². The highest BCUT2D eigenvalue weighted by Crippen LogP contribution is 2.21. The molecule has 2 aliphatic heterocycles. The number of likely N-dealkylation sites (tertiary alicyclic amines) is 1. The zero-order valence-corrected chi connectivity index (χ0v) is 9.77. The summed E-state index contributed by atoms with van der Waals surface area (Å²) in [5, 5.41) is 2.64. The van der Waals surface area contributed by atoms with Gasteiger partial charge in [-0.05, 0) is 6.42 Å². The number of carbonyl (C=O) groups excluding carboxylic acids is 3. The molecule has 1 N–H and O–H groups in total. The second kappa shape index (κ2) is 4.73. The number of nitrogens with one attached hydrogen (secondary N) is 1. The van der Waals surface area contributed by atoms with Crippen LogP contribution in [0, 0.1) is 11.8 Å². The molecule has 2 aliphatic rings. The molecule has 0 aromatic carbocycles. The smallest absolute Gasteiger partial charge is 0.310 e. The molecule has 0 bridgehead atoms. The fourth-order valence-electron chi connectivity index (χ4n) is 2.36. The van der Waals surface area contributed by atoms with E-state index >= 15 is 0 Å². The Balaban J connectivity index is 1.90. The van der Waals surface area contributed by atoms with E-state index in [2.05, 4.69) is 10.1 Å². The molecule has 17 heavy (non-hydrogen) atoms. The van der Waals surface area contributed by atoms with Crippen LogP contribution in [-0.4, -0.2) is 49.4 Å². The lowest BCUT2D eigenvalue weighted by molar-refractivity contribution is -0.145. The second-order valence-corrected chi connectivity index (χ2v) is 4.50. The Morgan fingerprint density at radius 3 is 2.76 bits per heavy atom. The summed E-state index contributed by atoms with van der Waals surface area (Å²) >= 11 is 0. The molecule has 6 nitrogen and oxygen atoms in total. The number of hydrogen-bond acceptors (Lipinski definition) is 4. The number of esters is 1. The largest absolute Gasteiger partial charge is 0.469 e. The van der Waals surface area contributed by atoms with E-state index in [-0.39, 0.29) is 36.0 Å². The van der Waals surface area contributed by atoms with Gasteiger partial charge in [-0.25, -0.2) is 0 Å². The Kier molecular flexibility index (Phi) is 3.31. The van der Waals surface area contributed by atoms with Crippen LogP contribution in [0.2, 0.25) is 0 Å². The third-order valence-electron chi connectivity index (χ3n) is 3.36. The highest BCUT2D eigenvalue weighted by Gasteiger charge is 2.37. The summed E-state index contributed by atoms with van der Waals surface area (Å²) in [6.07, 6.45) is 0.907. The molecular weight excluding hydrogens is 224 g/mol. The van der Waals surface area contributed by atoms with Gasteiger partial charge in [0.2, 0.25) is 11.8 Å². The first-order valence-electron chi connectivity index (χ1n) is 5.75. The Bertz CT molecular complexity index is 355. The summed E-state index contributed by atoms with van der Waals surface area (Å²) in [6, 6.07) is 0. The standard InChI is InChI=1S/C11H16N2O4/c1-17-11(16)7-2-3-13(6-7)10(15)8-4-9(14)12-5-8/h7-8H,2-6H2,1H3,(H,12,14). The van der Waals surface area contributed by atoms with Gasteiger partial charge < -0.3 is 15.0 Å². The maximum atomic E-state index is 12.0. The minimum atomic E-state index is -0.265. The molecule has 0 aliphatic carbocycles. The van der Waals surface area contributed by atoms with Gasteiger partial charge in [-0.2, -0.15) is 0 Å². The fourth-order valence-corrected chi connectivity index (χ4v) is 2.36. The normalized spacial score (nSPS) is 28.1. The van der Waals surface area contributed by atoms with Crippen molar-refractivity contribution in [1.82, 2.24) is 10.2 Å². The van der Waals surface area contributed by atoms with E-state index in [4.69, 9.17) is 0 Å². The monoisotopic (exact) mass is 240 g/mol. The topological polar surface area (TPSA) is 75.7 Å². The number of hydrogen-bond donors (Lipinski definition) is 1. The summed E-state index contributed by atoms with van der Waals surface area (Å²) < 4.78 is 4.66. The minimum Gasteiger partial charge on any atom is -0.469 e. The fraction of sp³-hybridized carbons (Fsp3) is 0.727. The van der Waals surface area contributed by atoms with E-state index in [1.807, 2.05) is 0 Å². The Hall–Kier alpha value is -1.59. The SMILES string of the molecule is COC(=O)C1CCN(C(=O)C2CNC(=O)C2)C1. The van der Waals surface area contributed by atoms with E-state index < -0.39 is 0 Å². The number of carbonyl (C=O) groups is 3. The third-order valence-corrected chi connectivity index (χ3v) is 3.36. The Labute approximate surface area is 99.3 Å². The summed E-state index contributed by atoms with van der Waals surface area (Å²) in [7, 11) is 1.35. The molecule has 2 fully saturated rings. The van der Waals surface area contributed by atoms with E-state index in [1.165, 1.54) is 7.11 Å². The average molecular weight is 240 g/mol. The van der Waals surface area contributed by atoms with Crippen LogP contribution in [0.1, 0.15) is 12.8 Å². The number of nitrogens with zero attached hydrogens (tertiary/aromatic N) is 1. The maximum Gasteiger partial charge on any atom is 0.310 e. The minimum absolute atomic E-state index is 0.0326. The van der Waals surface area contributed by atoms with Crippen LogP contribution in [0.3, 0.4) is 0 Å². The van der Waals surface area contributed by atoms with Crippen molar-refractivity contribution in [1.29, 1.82) is 0 Å². The maximum absolute atomic E-state index is 12.0. The molecule has 2 rings (SSSR count). The molecule has 6 heteroatoms. The first kappa shape index (κ1) is 11.9. The van der Waals surface area contributed by atoms with E-state index in [0.717, 1.165) is 0 Å². The molecule has 2 atom stereocenters. The Morgan fingerprint density at radius 2 is 2.18 bits per heavy atom. The van der Waals surface area contributed by atoms with Crippen LogP contribution in [-0.2, 0) is 19.1 Å². The third kappa shape index (κ3) is 2.40. The summed E-state index contributed by atoms with van der Waals surface area (Å²) in [6.45, 7) is 1.40. The van der Waals surface area contributed by atoms with Crippen LogP contribution >= 0.6 is 0 Å². The van der Waals surface area contributed by atoms with Gasteiger partial charge in [-0.3, -0.25) is 14.4 Å². The van der Waals surface area contributed by atoms with Crippen LogP contribution in [0.25, 0.3) is 0 Å². The van der Waals surface area contributed by atoms with Crippen molar-refractivity contribution < 1.29 is 19.1 Å². The van der Waals surface area contributed by atoms with Crippen molar-refractivity contribution in [2.45, 2.75) is 12.8 Å². The van der Waals surface area contributed by atoms with Gasteiger partial charge in [0.25, 0.3) is 0 Å². The molecule has 0 aromatic heterocycles. The van der Waals surface area contributed by atoms with Crippen LogP contribution in [0.5, 0.6) is 0 Å². The lowest BCUT2D eigenvalue weighted by Crippen LogP contribution is -2.36. The highest BCUT2D eigenvalue weighted by molar-refractivity contribution is 5.89. The van der Waals surface area contributed by atoms with Crippen molar-refractivity contribution in [3.05, 3.63) is 0 Å². The summed E-state index contributed by atoms with van der Waals surface area (Å²) in [5.41, 5.74) is 0. The molecule has 2 unspecified atom stereocenters. The molecular formula is C11H16N2O4. The van der Waals surface area contributed by atoms with Crippen molar-refractivity contribution in [2.24, 2.45) is 11.8 Å². The van der Waals surface area contributed by atoms with Crippen molar-refractivity contribution in [3.63, 3.8) is 0 Å². The zero-order valence-electron chi connectivity index (χ0n) is 9.77. The number of methoxy groups -OCH3 is 1. The first-order valence-corrected chi connectivity index (χ1v) is 5.75. The molecule has 0 saturated carbocycles. The molecule has 0 radical (unpaired) electrons. The van der Waals surface area contributed by atoms with Crippen LogP contribution in [0.15, 0.2) is 0 Å². The number of ether oxygens (including phenoxy) is 1. The summed E-state index contributed by atoms with van der Waals surface area (Å²) in [5.74, 6) is -0.851. The van der Waals surface area contributed by atoms with Crippen LogP contribution in [0.4, 0.5) is 0 Å². The zero-order chi connectivity index (χ0) is 12.4. The molecule has 0 aromatic rings. The predicted octanol–water partition coefficient (Wildman–Crippen LogP) is -0.856. The van der Waals surface area contributed by atoms with E-state index in [1.54, 1.807) is 4.90 Å². The predicted molar refractivity (Wildman–Crippen MR) is 57.8 cm³/mol. The lowest BCUT2D eigenvalue weighted by Gasteiger charge is -2.19. The van der Waals surface area contributed by atoms with Crippen LogP contribution < -0.4 is 5.32 Å². The van der Waals surface area contributed by atoms with Crippen molar-refractivity contribution >= 4 is 17.8 Å². The second-order valence-electron chi connectivity index (χ2n) is 4.50. The highest BCUT2D eigenvalue weighted by atomic mass is 16.5. The van der Waals surface area contributed by atoms with Gasteiger partial charge in [-0.15, -0.1) is 0 Å². The Morgan fingerprint density at radius 1 is 1.41 bits per heavy atom.